The van der Waals surface area contributed by atoms with E-state index >= 15 is 0 Å². The first-order chi connectivity index (χ1) is 9.83. The molecule has 0 spiro atoms. The Morgan fingerprint density at radius 2 is 2.20 bits per heavy atom. The summed E-state index contributed by atoms with van der Waals surface area (Å²) in [5, 5.41) is 3.25. The molecule has 1 aliphatic heterocycles. The molecule has 110 valence electrons. The minimum atomic E-state index is 0.715. The number of piperazine rings is 1. The van der Waals surface area contributed by atoms with Gasteiger partial charge in [0, 0.05) is 52.6 Å². The number of anilines is 2. The topological polar surface area (TPSA) is 70.6 Å². The molecule has 0 aromatic carbocycles. The zero-order chi connectivity index (χ0) is 14.2. The number of hydrogen-bond donors (Lipinski definition) is 1. The van der Waals surface area contributed by atoms with Gasteiger partial charge >= 0.3 is 0 Å². The van der Waals surface area contributed by atoms with E-state index in [4.69, 9.17) is 4.74 Å². The Labute approximate surface area is 118 Å². The second kappa shape index (κ2) is 7.64. The van der Waals surface area contributed by atoms with Gasteiger partial charge in [-0.15, -0.1) is 0 Å². The molecule has 2 rings (SSSR count). The summed E-state index contributed by atoms with van der Waals surface area (Å²) in [6.45, 7) is 4.54. The summed E-state index contributed by atoms with van der Waals surface area (Å²) in [6, 6.07) is 1.86. The monoisotopic (exact) mass is 279 g/mol. The first-order valence-corrected chi connectivity index (χ1v) is 6.83. The van der Waals surface area contributed by atoms with Crippen LogP contribution < -0.4 is 10.2 Å². The van der Waals surface area contributed by atoms with Gasteiger partial charge in [-0.05, 0) is 12.5 Å². The number of rotatable bonds is 7. The van der Waals surface area contributed by atoms with Crippen molar-refractivity contribution >= 4 is 18.2 Å². The SMILES string of the molecule is COCCCNc1ccnc(N2CCN(C=O)CC2)n1. The average Bonchev–Trinajstić information content (AvgIpc) is 2.52. The number of aromatic nitrogens is 2. The van der Waals surface area contributed by atoms with Crippen LogP contribution in [0.1, 0.15) is 6.42 Å². The van der Waals surface area contributed by atoms with Crippen molar-refractivity contribution in [3.63, 3.8) is 0 Å². The maximum Gasteiger partial charge on any atom is 0.227 e. The van der Waals surface area contributed by atoms with Gasteiger partial charge in [0.05, 0.1) is 0 Å². The van der Waals surface area contributed by atoms with E-state index in [1.165, 1.54) is 0 Å². The lowest BCUT2D eigenvalue weighted by Gasteiger charge is -2.32. The van der Waals surface area contributed by atoms with E-state index in [-0.39, 0.29) is 0 Å². The Morgan fingerprint density at radius 3 is 2.90 bits per heavy atom. The zero-order valence-corrected chi connectivity index (χ0v) is 11.8. The number of amides is 1. The van der Waals surface area contributed by atoms with Crippen molar-refractivity contribution in [3.05, 3.63) is 12.3 Å². The third-order valence-electron chi connectivity index (χ3n) is 3.22. The summed E-state index contributed by atoms with van der Waals surface area (Å²) in [5.74, 6) is 1.54. The highest BCUT2D eigenvalue weighted by molar-refractivity contribution is 5.48. The number of nitrogens with zero attached hydrogens (tertiary/aromatic N) is 4. The van der Waals surface area contributed by atoms with Crippen LogP contribution in [0, 0.1) is 0 Å². The van der Waals surface area contributed by atoms with Gasteiger partial charge in [0.1, 0.15) is 5.82 Å². The van der Waals surface area contributed by atoms with Crippen molar-refractivity contribution in [3.8, 4) is 0 Å². The maximum atomic E-state index is 10.7. The molecule has 1 aromatic heterocycles. The van der Waals surface area contributed by atoms with Gasteiger partial charge in [-0.3, -0.25) is 4.79 Å². The third-order valence-corrected chi connectivity index (χ3v) is 3.22. The highest BCUT2D eigenvalue weighted by atomic mass is 16.5. The van der Waals surface area contributed by atoms with E-state index in [2.05, 4.69) is 20.2 Å². The fourth-order valence-electron chi connectivity index (χ4n) is 2.06. The van der Waals surface area contributed by atoms with Gasteiger partial charge in [-0.2, -0.15) is 4.98 Å². The lowest BCUT2D eigenvalue weighted by molar-refractivity contribution is -0.118. The molecule has 1 amide bonds. The fraction of sp³-hybridized carbons (Fsp3) is 0.615. The summed E-state index contributed by atoms with van der Waals surface area (Å²) >= 11 is 0. The Kier molecular flexibility index (Phi) is 5.55. The van der Waals surface area contributed by atoms with Gasteiger partial charge in [0.15, 0.2) is 0 Å². The number of carbonyl (C=O) groups is 1. The van der Waals surface area contributed by atoms with Crippen LogP contribution in [0.15, 0.2) is 12.3 Å². The minimum absolute atomic E-state index is 0.715. The van der Waals surface area contributed by atoms with Crippen LogP contribution in [0.3, 0.4) is 0 Å². The van der Waals surface area contributed by atoms with Crippen LogP contribution in [0.5, 0.6) is 0 Å². The van der Waals surface area contributed by atoms with E-state index in [0.717, 1.165) is 58.0 Å². The highest BCUT2D eigenvalue weighted by Crippen LogP contribution is 2.12. The molecule has 0 unspecified atom stereocenters. The largest absolute Gasteiger partial charge is 0.385 e. The Balaban J connectivity index is 1.87. The van der Waals surface area contributed by atoms with E-state index in [1.54, 1.807) is 18.2 Å². The summed E-state index contributed by atoms with van der Waals surface area (Å²) < 4.78 is 5.01. The lowest BCUT2D eigenvalue weighted by atomic mass is 10.3. The fourth-order valence-corrected chi connectivity index (χ4v) is 2.06. The molecule has 0 aliphatic carbocycles. The van der Waals surface area contributed by atoms with E-state index in [9.17, 15) is 4.79 Å². The molecule has 0 atom stereocenters. The molecule has 20 heavy (non-hydrogen) atoms. The molecule has 1 aromatic rings. The van der Waals surface area contributed by atoms with Crippen LogP contribution in [-0.2, 0) is 9.53 Å². The zero-order valence-electron chi connectivity index (χ0n) is 11.8. The van der Waals surface area contributed by atoms with Crippen molar-refractivity contribution < 1.29 is 9.53 Å². The normalized spacial score (nSPS) is 15.2. The van der Waals surface area contributed by atoms with E-state index in [1.807, 2.05) is 6.07 Å². The lowest BCUT2D eigenvalue weighted by Crippen LogP contribution is -2.46. The second-order valence-electron chi connectivity index (χ2n) is 4.64. The molecule has 0 radical (unpaired) electrons. The van der Waals surface area contributed by atoms with Crippen LogP contribution >= 0.6 is 0 Å². The molecular formula is C13H21N5O2. The third kappa shape index (κ3) is 4.06. The summed E-state index contributed by atoms with van der Waals surface area (Å²) in [4.78, 5) is 23.4. The number of hydrogen-bond acceptors (Lipinski definition) is 6. The number of ether oxygens (including phenoxy) is 1. The van der Waals surface area contributed by atoms with Crippen LogP contribution in [0.4, 0.5) is 11.8 Å². The quantitative estimate of drug-likeness (QED) is 0.568. The Bertz CT molecular complexity index is 421. The Morgan fingerprint density at radius 1 is 1.40 bits per heavy atom. The predicted molar refractivity (Wildman–Crippen MR) is 76.9 cm³/mol. The predicted octanol–water partition coefficient (Wildman–Crippen LogP) is 0.203. The maximum absolute atomic E-state index is 10.7. The van der Waals surface area contributed by atoms with Crippen molar-refractivity contribution in [1.29, 1.82) is 0 Å². The summed E-state index contributed by atoms with van der Waals surface area (Å²) in [7, 11) is 1.70. The summed E-state index contributed by atoms with van der Waals surface area (Å²) in [6.07, 6.45) is 3.59. The van der Waals surface area contributed by atoms with Gasteiger partial charge in [0.2, 0.25) is 12.4 Å². The smallest absolute Gasteiger partial charge is 0.227 e. The minimum Gasteiger partial charge on any atom is -0.385 e. The van der Waals surface area contributed by atoms with Gasteiger partial charge in [-0.25, -0.2) is 4.98 Å². The number of carbonyl (C=O) groups excluding carboxylic acids is 1. The summed E-state index contributed by atoms with van der Waals surface area (Å²) in [5.41, 5.74) is 0. The molecule has 1 saturated heterocycles. The highest BCUT2D eigenvalue weighted by Gasteiger charge is 2.17. The molecule has 1 fully saturated rings. The van der Waals surface area contributed by atoms with Crippen molar-refractivity contribution in [2.24, 2.45) is 0 Å². The van der Waals surface area contributed by atoms with Crippen LogP contribution in [0.2, 0.25) is 0 Å². The second-order valence-corrected chi connectivity index (χ2v) is 4.64. The van der Waals surface area contributed by atoms with Gasteiger partial charge in [-0.1, -0.05) is 0 Å². The molecule has 1 aliphatic rings. The molecular weight excluding hydrogens is 258 g/mol. The van der Waals surface area contributed by atoms with Crippen molar-refractivity contribution in [2.75, 3.05) is 56.7 Å². The molecule has 0 bridgehead atoms. The van der Waals surface area contributed by atoms with Gasteiger partial charge < -0.3 is 19.9 Å². The molecule has 7 nitrogen and oxygen atoms in total. The first-order valence-electron chi connectivity index (χ1n) is 6.83. The van der Waals surface area contributed by atoms with E-state index in [0.29, 0.717) is 5.95 Å². The van der Waals surface area contributed by atoms with Crippen molar-refractivity contribution in [2.45, 2.75) is 6.42 Å². The van der Waals surface area contributed by atoms with Crippen LogP contribution in [0.25, 0.3) is 0 Å². The molecule has 7 heteroatoms. The Hall–Kier alpha value is -1.89. The molecule has 0 saturated carbocycles. The van der Waals surface area contributed by atoms with Gasteiger partial charge in [0.25, 0.3) is 0 Å². The number of methoxy groups -OCH3 is 1. The molecule has 1 N–H and O–H groups in total. The standard InChI is InChI=1S/C13H21N5O2/c1-20-10-2-4-14-12-3-5-15-13(16-12)18-8-6-17(11-19)7-9-18/h3,5,11H,2,4,6-10H2,1H3,(H,14,15,16). The van der Waals surface area contributed by atoms with E-state index < -0.39 is 0 Å². The molecule has 2 heterocycles. The number of nitrogens with one attached hydrogen (secondary N) is 1. The van der Waals surface area contributed by atoms with Crippen LogP contribution in [-0.4, -0.2) is 67.7 Å². The average molecular weight is 279 g/mol. The van der Waals surface area contributed by atoms with Crippen molar-refractivity contribution in [1.82, 2.24) is 14.9 Å². The first kappa shape index (κ1) is 14.5.